The summed E-state index contributed by atoms with van der Waals surface area (Å²) >= 11 is 0. The Morgan fingerprint density at radius 2 is 1.81 bits per heavy atom. The van der Waals surface area contributed by atoms with Crippen LogP contribution in [-0.2, 0) is 9.59 Å². The van der Waals surface area contributed by atoms with Crippen LogP contribution < -0.4 is 4.74 Å². The van der Waals surface area contributed by atoms with Crippen molar-refractivity contribution in [2.75, 3.05) is 13.7 Å². The van der Waals surface area contributed by atoms with E-state index < -0.39 is 6.10 Å². The number of methoxy groups -OCH3 is 1. The second-order valence-electron chi connectivity index (χ2n) is 5.63. The number of aliphatic hydroxyl groups is 1. The van der Waals surface area contributed by atoms with Crippen molar-refractivity contribution in [2.45, 2.75) is 26.9 Å². The molecule has 1 aromatic rings. The molecule has 0 radical (unpaired) electrons. The van der Waals surface area contributed by atoms with Gasteiger partial charge in [0, 0.05) is 17.4 Å². The molecule has 1 aliphatic heterocycles. The lowest BCUT2D eigenvalue weighted by molar-refractivity contribution is -0.141. The second kappa shape index (κ2) is 5.85. The highest BCUT2D eigenvalue weighted by Gasteiger charge is 2.43. The van der Waals surface area contributed by atoms with Crippen molar-refractivity contribution in [3.63, 3.8) is 0 Å². The van der Waals surface area contributed by atoms with Crippen LogP contribution in [0, 0.1) is 18.8 Å². The zero-order chi connectivity index (χ0) is 15.7. The number of aryl methyl sites for hydroxylation is 1. The molecular formula is C16H21NO4. The van der Waals surface area contributed by atoms with Gasteiger partial charge < -0.3 is 9.84 Å². The van der Waals surface area contributed by atoms with Gasteiger partial charge in [-0.3, -0.25) is 14.5 Å². The number of ether oxygens (including phenoxy) is 1. The van der Waals surface area contributed by atoms with E-state index in [1.807, 2.05) is 13.0 Å². The van der Waals surface area contributed by atoms with Gasteiger partial charge in [0.05, 0.1) is 13.7 Å². The molecule has 5 nitrogen and oxygen atoms in total. The lowest BCUT2D eigenvalue weighted by atomic mass is 10.00. The second-order valence-corrected chi connectivity index (χ2v) is 5.63. The van der Waals surface area contributed by atoms with E-state index in [9.17, 15) is 14.7 Å². The Morgan fingerprint density at radius 3 is 2.33 bits per heavy atom. The number of benzene rings is 1. The summed E-state index contributed by atoms with van der Waals surface area (Å²) in [5.74, 6) is -0.558. The molecule has 0 saturated carbocycles. The number of hydrogen-bond acceptors (Lipinski definition) is 4. The third-order valence-electron chi connectivity index (χ3n) is 4.16. The molecule has 2 amide bonds. The van der Waals surface area contributed by atoms with E-state index in [0.29, 0.717) is 11.3 Å². The summed E-state index contributed by atoms with van der Waals surface area (Å²) in [5.41, 5.74) is 1.57. The fourth-order valence-corrected chi connectivity index (χ4v) is 2.59. The van der Waals surface area contributed by atoms with Crippen LogP contribution in [0.15, 0.2) is 18.2 Å². The quantitative estimate of drug-likeness (QED) is 0.857. The molecule has 1 saturated heterocycles. The minimum absolute atomic E-state index is 0.0356. The molecule has 2 rings (SSSR count). The Kier molecular flexibility index (Phi) is 4.32. The Balaban J connectivity index is 2.22. The van der Waals surface area contributed by atoms with Crippen molar-refractivity contribution >= 4 is 11.8 Å². The SMILES string of the molecule is COc1ccc(C)cc1C(O)CN1C(=O)C(C)C(C)C1=O. The molecule has 1 N–H and O–H groups in total. The van der Waals surface area contributed by atoms with Crippen LogP contribution in [0.2, 0.25) is 0 Å². The molecule has 1 aliphatic rings. The molecule has 1 heterocycles. The predicted molar refractivity (Wildman–Crippen MR) is 77.7 cm³/mol. The van der Waals surface area contributed by atoms with E-state index in [0.717, 1.165) is 10.5 Å². The monoisotopic (exact) mass is 291 g/mol. The Hall–Kier alpha value is -1.88. The van der Waals surface area contributed by atoms with E-state index in [4.69, 9.17) is 4.74 Å². The fraction of sp³-hybridized carbons (Fsp3) is 0.500. The molecule has 5 heteroatoms. The van der Waals surface area contributed by atoms with Crippen molar-refractivity contribution < 1.29 is 19.4 Å². The third kappa shape index (κ3) is 2.78. The van der Waals surface area contributed by atoms with Crippen LogP contribution >= 0.6 is 0 Å². The van der Waals surface area contributed by atoms with Gasteiger partial charge in [-0.25, -0.2) is 0 Å². The summed E-state index contributed by atoms with van der Waals surface area (Å²) < 4.78 is 5.23. The van der Waals surface area contributed by atoms with Crippen molar-refractivity contribution in [1.82, 2.24) is 4.90 Å². The Bertz CT molecular complexity index is 549. The van der Waals surface area contributed by atoms with E-state index in [1.165, 1.54) is 7.11 Å². The van der Waals surface area contributed by atoms with Gasteiger partial charge in [-0.1, -0.05) is 25.5 Å². The molecule has 114 valence electrons. The number of aliphatic hydroxyl groups excluding tert-OH is 1. The molecule has 0 spiro atoms. The van der Waals surface area contributed by atoms with Gasteiger partial charge in [0.15, 0.2) is 0 Å². The zero-order valence-corrected chi connectivity index (χ0v) is 12.8. The third-order valence-corrected chi connectivity index (χ3v) is 4.16. The lowest BCUT2D eigenvalue weighted by Gasteiger charge is -2.21. The number of hydrogen-bond donors (Lipinski definition) is 1. The van der Waals surface area contributed by atoms with Crippen LogP contribution in [0.4, 0.5) is 0 Å². The summed E-state index contributed by atoms with van der Waals surface area (Å²) in [6.07, 6.45) is -0.953. The van der Waals surface area contributed by atoms with Crippen LogP contribution in [-0.4, -0.2) is 35.5 Å². The van der Waals surface area contributed by atoms with Gasteiger partial charge in [-0.2, -0.15) is 0 Å². The number of likely N-dealkylation sites (tertiary alicyclic amines) is 1. The summed E-state index contributed by atoms with van der Waals surface area (Å²) in [4.78, 5) is 25.3. The smallest absolute Gasteiger partial charge is 0.232 e. The Morgan fingerprint density at radius 1 is 1.24 bits per heavy atom. The summed E-state index contributed by atoms with van der Waals surface area (Å²) in [5, 5.41) is 10.4. The first-order valence-corrected chi connectivity index (χ1v) is 7.04. The largest absolute Gasteiger partial charge is 0.496 e. The van der Waals surface area contributed by atoms with Crippen molar-refractivity contribution in [3.8, 4) is 5.75 Å². The van der Waals surface area contributed by atoms with Crippen molar-refractivity contribution in [2.24, 2.45) is 11.8 Å². The number of imide groups is 1. The van der Waals surface area contributed by atoms with Gasteiger partial charge >= 0.3 is 0 Å². The molecular weight excluding hydrogens is 270 g/mol. The molecule has 21 heavy (non-hydrogen) atoms. The van der Waals surface area contributed by atoms with Gasteiger partial charge in [0.2, 0.25) is 11.8 Å². The number of nitrogens with zero attached hydrogens (tertiary/aromatic N) is 1. The van der Waals surface area contributed by atoms with E-state index >= 15 is 0 Å². The first-order chi connectivity index (χ1) is 9.86. The first-order valence-electron chi connectivity index (χ1n) is 7.04. The van der Waals surface area contributed by atoms with Crippen LogP contribution in [0.25, 0.3) is 0 Å². The highest BCUT2D eigenvalue weighted by Crippen LogP contribution is 2.31. The average molecular weight is 291 g/mol. The number of carbonyl (C=O) groups excluding carboxylic acids is 2. The topological polar surface area (TPSA) is 66.8 Å². The maximum atomic E-state index is 12.1. The molecule has 1 fully saturated rings. The highest BCUT2D eigenvalue weighted by atomic mass is 16.5. The standard InChI is InChI=1S/C16H21NO4/c1-9-5-6-14(21-4)12(7-9)13(18)8-17-15(19)10(2)11(3)16(17)20/h5-7,10-11,13,18H,8H2,1-4H3. The summed E-state index contributed by atoms with van der Waals surface area (Å²) in [6, 6.07) is 5.46. The predicted octanol–water partition coefficient (Wildman–Crippen LogP) is 1.68. The first kappa shape index (κ1) is 15.5. The average Bonchev–Trinajstić information content (AvgIpc) is 2.65. The zero-order valence-electron chi connectivity index (χ0n) is 12.8. The van der Waals surface area contributed by atoms with Gasteiger partial charge in [0.1, 0.15) is 11.9 Å². The number of rotatable bonds is 4. The molecule has 1 aromatic carbocycles. The van der Waals surface area contributed by atoms with Crippen LogP contribution in [0.1, 0.15) is 31.1 Å². The molecule has 3 unspecified atom stereocenters. The van der Waals surface area contributed by atoms with Gasteiger partial charge in [0.25, 0.3) is 0 Å². The maximum Gasteiger partial charge on any atom is 0.232 e. The van der Waals surface area contributed by atoms with E-state index in [1.54, 1.807) is 26.0 Å². The minimum atomic E-state index is -0.953. The van der Waals surface area contributed by atoms with Crippen molar-refractivity contribution in [3.05, 3.63) is 29.3 Å². The van der Waals surface area contributed by atoms with Crippen LogP contribution in [0.3, 0.4) is 0 Å². The minimum Gasteiger partial charge on any atom is -0.496 e. The lowest BCUT2D eigenvalue weighted by Crippen LogP contribution is -2.34. The number of amides is 2. The number of β-amino-alcohol motifs (C(OH)–C–C–N with tert-alkyl or cyclic N) is 1. The number of carbonyl (C=O) groups is 2. The van der Waals surface area contributed by atoms with E-state index in [-0.39, 0.29) is 30.2 Å². The highest BCUT2D eigenvalue weighted by molar-refractivity contribution is 6.04. The normalized spacial score (nSPS) is 23.6. The molecule has 0 aliphatic carbocycles. The summed E-state index contributed by atoms with van der Waals surface area (Å²) in [7, 11) is 1.52. The van der Waals surface area contributed by atoms with Gasteiger partial charge in [-0.15, -0.1) is 0 Å². The van der Waals surface area contributed by atoms with E-state index in [2.05, 4.69) is 0 Å². The summed E-state index contributed by atoms with van der Waals surface area (Å²) in [6.45, 7) is 5.35. The molecule has 0 aromatic heterocycles. The van der Waals surface area contributed by atoms with Crippen LogP contribution in [0.5, 0.6) is 5.75 Å². The molecule has 0 bridgehead atoms. The maximum absolute atomic E-state index is 12.1. The Labute approximate surface area is 124 Å². The fourth-order valence-electron chi connectivity index (χ4n) is 2.59. The molecule has 3 atom stereocenters. The van der Waals surface area contributed by atoms with Crippen molar-refractivity contribution in [1.29, 1.82) is 0 Å². The van der Waals surface area contributed by atoms with Gasteiger partial charge in [-0.05, 0) is 19.1 Å².